The topological polar surface area (TPSA) is 101 Å². The Morgan fingerprint density at radius 3 is 2.15 bits per heavy atom. The Bertz CT molecular complexity index is 1200. The number of nitrogens with zero attached hydrogens (tertiary/aromatic N) is 2. The monoisotopic (exact) mass is 564 g/mol. The van der Waals surface area contributed by atoms with Gasteiger partial charge >= 0.3 is 6.09 Å². The second kappa shape index (κ2) is 15.8. The molecule has 0 saturated carbocycles. The fraction of sp³-hybridized carbons (Fsp3) is 0.419. The molecule has 0 fully saturated rings. The second-order valence-corrected chi connectivity index (χ2v) is 11.5. The molecular formula is C31H40N4O4S. The number of anilines is 1. The van der Waals surface area contributed by atoms with Crippen molar-refractivity contribution in [3.8, 4) is 0 Å². The third kappa shape index (κ3) is 10.1. The predicted molar refractivity (Wildman–Crippen MR) is 159 cm³/mol. The molecule has 0 aliphatic carbocycles. The zero-order valence-corrected chi connectivity index (χ0v) is 24.5. The molecule has 8 nitrogen and oxygen atoms in total. The van der Waals surface area contributed by atoms with Gasteiger partial charge in [-0.3, -0.25) is 14.5 Å². The van der Waals surface area contributed by atoms with Gasteiger partial charge in [-0.1, -0.05) is 88.4 Å². The van der Waals surface area contributed by atoms with Crippen molar-refractivity contribution in [2.45, 2.75) is 65.6 Å². The summed E-state index contributed by atoms with van der Waals surface area (Å²) in [6.07, 6.45) is 1.99. The SMILES string of the molecule is CC(C)C[C@H](NC(=O)OCc1ccccc1)C(=O)N[C@@H](CC(C)C)c1csc(N(C=O)CCc2ccccc2)n1. The number of hydrogen-bond donors (Lipinski definition) is 2. The number of carbonyl (C=O) groups is 3. The summed E-state index contributed by atoms with van der Waals surface area (Å²) in [6, 6.07) is 18.3. The van der Waals surface area contributed by atoms with Gasteiger partial charge in [-0.2, -0.15) is 0 Å². The third-order valence-corrected chi connectivity index (χ3v) is 7.17. The smallest absolute Gasteiger partial charge is 0.408 e. The van der Waals surface area contributed by atoms with Crippen LogP contribution in [0.15, 0.2) is 66.0 Å². The van der Waals surface area contributed by atoms with Crippen LogP contribution >= 0.6 is 11.3 Å². The lowest BCUT2D eigenvalue weighted by Crippen LogP contribution is -2.48. The first-order valence-electron chi connectivity index (χ1n) is 13.7. The number of aromatic nitrogens is 1. The van der Waals surface area contributed by atoms with Crippen LogP contribution in [0.3, 0.4) is 0 Å². The highest BCUT2D eigenvalue weighted by atomic mass is 32.1. The summed E-state index contributed by atoms with van der Waals surface area (Å²) in [5, 5.41) is 8.33. The van der Waals surface area contributed by atoms with Gasteiger partial charge in [0.05, 0.1) is 11.7 Å². The van der Waals surface area contributed by atoms with Crippen molar-refractivity contribution in [1.29, 1.82) is 0 Å². The fourth-order valence-corrected chi connectivity index (χ4v) is 5.13. The van der Waals surface area contributed by atoms with Gasteiger partial charge in [0, 0.05) is 11.9 Å². The molecule has 3 rings (SSSR count). The summed E-state index contributed by atoms with van der Waals surface area (Å²) in [7, 11) is 0. The summed E-state index contributed by atoms with van der Waals surface area (Å²) in [6.45, 7) is 8.78. The highest BCUT2D eigenvalue weighted by Gasteiger charge is 2.27. The number of benzene rings is 2. The van der Waals surface area contributed by atoms with Gasteiger partial charge in [-0.05, 0) is 42.2 Å². The van der Waals surface area contributed by atoms with E-state index in [4.69, 9.17) is 9.72 Å². The zero-order chi connectivity index (χ0) is 28.9. The minimum Gasteiger partial charge on any atom is -0.445 e. The molecular weight excluding hydrogens is 524 g/mol. The Balaban J connectivity index is 1.67. The maximum absolute atomic E-state index is 13.4. The molecule has 1 aromatic heterocycles. The molecule has 9 heteroatoms. The molecule has 2 aromatic carbocycles. The van der Waals surface area contributed by atoms with E-state index >= 15 is 0 Å². The molecule has 0 aliphatic heterocycles. The van der Waals surface area contributed by atoms with E-state index in [0.29, 0.717) is 36.6 Å². The molecule has 0 aliphatic rings. The van der Waals surface area contributed by atoms with Crippen molar-refractivity contribution < 1.29 is 19.1 Å². The Hall–Kier alpha value is -3.72. The summed E-state index contributed by atoms with van der Waals surface area (Å²) in [5.41, 5.74) is 2.71. The van der Waals surface area contributed by atoms with E-state index < -0.39 is 12.1 Å². The second-order valence-electron chi connectivity index (χ2n) is 10.7. The van der Waals surface area contributed by atoms with Crippen LogP contribution in [0.5, 0.6) is 0 Å². The number of amides is 3. The van der Waals surface area contributed by atoms with Gasteiger partial charge in [0.2, 0.25) is 12.3 Å². The van der Waals surface area contributed by atoms with E-state index in [9.17, 15) is 14.4 Å². The molecule has 2 N–H and O–H groups in total. The molecule has 214 valence electrons. The Labute approximate surface area is 241 Å². The normalized spacial score (nSPS) is 12.6. The summed E-state index contributed by atoms with van der Waals surface area (Å²) >= 11 is 1.38. The van der Waals surface area contributed by atoms with Crippen LogP contribution in [0.1, 0.15) is 63.4 Å². The van der Waals surface area contributed by atoms with E-state index in [1.54, 1.807) is 4.90 Å². The number of alkyl carbamates (subject to hydrolysis) is 1. The molecule has 3 aromatic rings. The van der Waals surface area contributed by atoms with Crippen LogP contribution in [0.2, 0.25) is 0 Å². The van der Waals surface area contributed by atoms with Gasteiger partial charge in [0.25, 0.3) is 0 Å². The van der Waals surface area contributed by atoms with Crippen molar-refractivity contribution in [2.24, 2.45) is 11.8 Å². The first-order valence-corrected chi connectivity index (χ1v) is 14.6. The summed E-state index contributed by atoms with van der Waals surface area (Å²) in [4.78, 5) is 44.2. The molecule has 0 radical (unpaired) electrons. The molecule has 0 spiro atoms. The van der Waals surface area contributed by atoms with Gasteiger partial charge in [-0.25, -0.2) is 9.78 Å². The van der Waals surface area contributed by atoms with E-state index in [-0.39, 0.29) is 30.4 Å². The number of carbonyl (C=O) groups excluding carboxylic acids is 3. The van der Waals surface area contributed by atoms with Gasteiger partial charge in [0.1, 0.15) is 12.6 Å². The number of thiazole rings is 1. The number of rotatable bonds is 15. The molecule has 40 heavy (non-hydrogen) atoms. The standard InChI is InChI=1S/C31H40N4O4S/c1-22(2)17-26(28-20-40-30(33-28)35(21-36)16-15-24-11-7-5-8-12-24)32-29(37)27(18-23(3)4)34-31(38)39-19-25-13-9-6-10-14-25/h5-14,20-23,26-27H,15-19H2,1-4H3,(H,32,37)(H,34,38)/t26-,27-/m0/s1. The number of hydrogen-bond acceptors (Lipinski definition) is 6. The quantitative estimate of drug-likeness (QED) is 0.224. The van der Waals surface area contributed by atoms with E-state index in [1.165, 1.54) is 11.3 Å². The molecule has 0 saturated heterocycles. The average molecular weight is 565 g/mol. The molecule has 0 unspecified atom stereocenters. The van der Waals surface area contributed by atoms with Crippen molar-refractivity contribution in [3.63, 3.8) is 0 Å². The summed E-state index contributed by atoms with van der Waals surface area (Å²) in [5.74, 6) is 0.162. The van der Waals surface area contributed by atoms with Crippen LogP contribution in [0, 0.1) is 11.8 Å². The van der Waals surface area contributed by atoms with Gasteiger partial charge in [-0.15, -0.1) is 11.3 Å². The molecule has 1 heterocycles. The van der Waals surface area contributed by atoms with Crippen LogP contribution in [0.25, 0.3) is 0 Å². The average Bonchev–Trinajstić information content (AvgIpc) is 3.42. The largest absolute Gasteiger partial charge is 0.445 e. The highest BCUT2D eigenvalue weighted by molar-refractivity contribution is 7.13. The van der Waals surface area contributed by atoms with Crippen molar-refractivity contribution >= 4 is 34.9 Å². The van der Waals surface area contributed by atoms with Crippen LogP contribution in [-0.2, 0) is 27.4 Å². The van der Waals surface area contributed by atoms with Crippen LogP contribution < -0.4 is 15.5 Å². The molecule has 2 atom stereocenters. The lowest BCUT2D eigenvalue weighted by atomic mass is 9.99. The summed E-state index contributed by atoms with van der Waals surface area (Å²) < 4.78 is 5.36. The lowest BCUT2D eigenvalue weighted by Gasteiger charge is -2.24. The molecule has 0 bridgehead atoms. The number of ether oxygens (including phenoxy) is 1. The lowest BCUT2D eigenvalue weighted by molar-refractivity contribution is -0.124. The zero-order valence-electron chi connectivity index (χ0n) is 23.7. The van der Waals surface area contributed by atoms with Crippen molar-refractivity contribution in [3.05, 3.63) is 82.9 Å². The van der Waals surface area contributed by atoms with Gasteiger partial charge < -0.3 is 15.4 Å². The minimum absolute atomic E-state index is 0.123. The first-order chi connectivity index (χ1) is 19.2. The van der Waals surface area contributed by atoms with Crippen LogP contribution in [0.4, 0.5) is 9.93 Å². The minimum atomic E-state index is -0.756. The highest BCUT2D eigenvalue weighted by Crippen LogP contribution is 2.28. The first kappa shape index (κ1) is 30.8. The van der Waals surface area contributed by atoms with E-state index in [0.717, 1.165) is 17.5 Å². The third-order valence-electron chi connectivity index (χ3n) is 6.28. The number of nitrogens with one attached hydrogen (secondary N) is 2. The Morgan fingerprint density at radius 2 is 1.55 bits per heavy atom. The maximum Gasteiger partial charge on any atom is 0.408 e. The Kier molecular flexibility index (Phi) is 12.1. The van der Waals surface area contributed by atoms with E-state index in [2.05, 4.69) is 24.5 Å². The van der Waals surface area contributed by atoms with Crippen molar-refractivity contribution in [2.75, 3.05) is 11.4 Å². The predicted octanol–water partition coefficient (Wildman–Crippen LogP) is 5.89. The van der Waals surface area contributed by atoms with E-state index in [1.807, 2.05) is 79.9 Å². The maximum atomic E-state index is 13.4. The Morgan fingerprint density at radius 1 is 0.925 bits per heavy atom. The fourth-order valence-electron chi connectivity index (χ4n) is 4.26. The van der Waals surface area contributed by atoms with Crippen molar-refractivity contribution in [1.82, 2.24) is 15.6 Å². The van der Waals surface area contributed by atoms with Crippen LogP contribution in [-0.4, -0.2) is 36.0 Å². The van der Waals surface area contributed by atoms with Gasteiger partial charge in [0.15, 0.2) is 5.13 Å². The molecule has 3 amide bonds.